The zero-order chi connectivity index (χ0) is 16.2. The molecule has 0 unspecified atom stereocenters. The summed E-state index contributed by atoms with van der Waals surface area (Å²) in [4.78, 5) is 26.9. The van der Waals surface area contributed by atoms with E-state index < -0.39 is 0 Å². The van der Waals surface area contributed by atoms with Crippen LogP contribution in [0.3, 0.4) is 0 Å². The summed E-state index contributed by atoms with van der Waals surface area (Å²) in [5, 5.41) is 0. The second-order valence-corrected chi connectivity index (χ2v) is 4.81. The molecule has 3 rings (SSSR count). The third kappa shape index (κ3) is 3.18. The second kappa shape index (κ2) is 6.27. The van der Waals surface area contributed by atoms with Gasteiger partial charge in [-0.2, -0.15) is 9.97 Å². The second-order valence-electron chi connectivity index (χ2n) is 4.81. The quantitative estimate of drug-likeness (QED) is 0.762. The van der Waals surface area contributed by atoms with E-state index in [4.69, 9.17) is 10.5 Å². The molecule has 0 amide bonds. The van der Waals surface area contributed by atoms with Crippen molar-refractivity contribution in [3.8, 4) is 5.88 Å². The first-order valence-electron chi connectivity index (χ1n) is 7.04. The first kappa shape index (κ1) is 14.7. The minimum absolute atomic E-state index is 0.0109. The molecule has 0 aliphatic rings. The van der Waals surface area contributed by atoms with Gasteiger partial charge in [-0.1, -0.05) is 36.4 Å². The highest BCUT2D eigenvalue weighted by molar-refractivity contribution is 5.77. The molecule has 7 heteroatoms. The van der Waals surface area contributed by atoms with E-state index in [2.05, 4.69) is 19.9 Å². The van der Waals surface area contributed by atoms with Gasteiger partial charge in [-0.25, -0.2) is 4.98 Å². The molecule has 2 aromatic heterocycles. The van der Waals surface area contributed by atoms with Crippen molar-refractivity contribution in [1.82, 2.24) is 19.9 Å². The topological polar surface area (TPSA) is 107 Å². The Morgan fingerprint density at radius 3 is 2.74 bits per heavy atom. The molecule has 0 saturated carbocycles. The van der Waals surface area contributed by atoms with Crippen molar-refractivity contribution in [2.75, 3.05) is 5.73 Å². The Kier molecular flexibility index (Phi) is 4.01. The fourth-order valence-corrected chi connectivity index (χ4v) is 2.08. The third-order valence-electron chi connectivity index (χ3n) is 3.11. The van der Waals surface area contributed by atoms with Gasteiger partial charge in [-0.15, -0.1) is 0 Å². The van der Waals surface area contributed by atoms with Crippen molar-refractivity contribution in [3.05, 3.63) is 58.0 Å². The molecule has 0 fully saturated rings. The number of H-pyrrole nitrogens is 1. The molecule has 0 bridgehead atoms. The number of aromatic nitrogens is 4. The van der Waals surface area contributed by atoms with Gasteiger partial charge in [0.25, 0.3) is 5.56 Å². The van der Waals surface area contributed by atoms with Gasteiger partial charge >= 0.3 is 0 Å². The zero-order valence-corrected chi connectivity index (χ0v) is 12.5. The molecule has 0 saturated heterocycles. The van der Waals surface area contributed by atoms with Crippen molar-refractivity contribution < 1.29 is 4.74 Å². The van der Waals surface area contributed by atoms with Crippen LogP contribution >= 0.6 is 0 Å². The normalized spacial score (nSPS) is 11.2. The molecule has 3 N–H and O–H groups in total. The van der Waals surface area contributed by atoms with Crippen LogP contribution in [0, 0.1) is 0 Å². The highest BCUT2D eigenvalue weighted by Gasteiger charge is 2.12. The number of aromatic amines is 1. The van der Waals surface area contributed by atoms with E-state index in [1.54, 1.807) is 19.1 Å². The van der Waals surface area contributed by atoms with Crippen molar-refractivity contribution in [2.24, 2.45) is 0 Å². The van der Waals surface area contributed by atoms with Crippen molar-refractivity contribution in [1.29, 1.82) is 0 Å². The van der Waals surface area contributed by atoms with E-state index in [0.717, 1.165) is 5.56 Å². The van der Waals surface area contributed by atoms with Crippen LogP contribution in [0.5, 0.6) is 5.88 Å². The number of hydrogen-bond donors (Lipinski definition) is 2. The van der Waals surface area contributed by atoms with E-state index in [0.29, 0.717) is 12.1 Å². The summed E-state index contributed by atoms with van der Waals surface area (Å²) in [6, 6.07) is 9.65. The lowest BCUT2D eigenvalue weighted by molar-refractivity contribution is 0.297. The van der Waals surface area contributed by atoms with Crippen LogP contribution in [0.1, 0.15) is 18.2 Å². The lowest BCUT2D eigenvalue weighted by Crippen LogP contribution is -2.14. The average Bonchev–Trinajstić information content (AvgIpc) is 2.55. The number of fused-ring (bicyclic) bond motifs is 1. The summed E-state index contributed by atoms with van der Waals surface area (Å²) in [7, 11) is 0. The first-order valence-corrected chi connectivity index (χ1v) is 7.04. The van der Waals surface area contributed by atoms with Gasteiger partial charge in [-0.05, 0) is 18.6 Å². The molecule has 0 aliphatic carbocycles. The van der Waals surface area contributed by atoms with Crippen LogP contribution in [-0.2, 0) is 6.61 Å². The Hall–Kier alpha value is -3.22. The lowest BCUT2D eigenvalue weighted by atomic mass is 10.2. The molecule has 0 atom stereocenters. The molecule has 0 aliphatic heterocycles. The van der Waals surface area contributed by atoms with Gasteiger partial charge in [0.15, 0.2) is 11.2 Å². The van der Waals surface area contributed by atoms with Crippen LogP contribution in [0.4, 0.5) is 5.95 Å². The summed E-state index contributed by atoms with van der Waals surface area (Å²) in [5.74, 6) is 0.246. The first-order chi connectivity index (χ1) is 11.2. The maximum atomic E-state index is 11.9. The van der Waals surface area contributed by atoms with E-state index >= 15 is 0 Å². The maximum absolute atomic E-state index is 11.9. The number of hydrogen-bond acceptors (Lipinski definition) is 6. The van der Waals surface area contributed by atoms with E-state index in [1.807, 2.05) is 30.3 Å². The fraction of sp³-hybridized carbons (Fsp3) is 0.125. The Balaban J connectivity index is 2.04. The number of nitrogen functional groups attached to an aromatic ring is 1. The minimum Gasteiger partial charge on any atom is -0.471 e. The number of nitrogens with zero attached hydrogens (tertiary/aromatic N) is 3. The van der Waals surface area contributed by atoms with Crippen LogP contribution < -0.4 is 16.0 Å². The van der Waals surface area contributed by atoms with Gasteiger partial charge < -0.3 is 15.5 Å². The number of nitrogens with two attached hydrogens (primary N) is 1. The highest BCUT2D eigenvalue weighted by Crippen LogP contribution is 2.20. The summed E-state index contributed by atoms with van der Waals surface area (Å²) in [5.41, 5.74) is 7.19. The lowest BCUT2D eigenvalue weighted by Gasteiger charge is -2.08. The maximum Gasteiger partial charge on any atom is 0.275 e. The molecule has 23 heavy (non-hydrogen) atoms. The summed E-state index contributed by atoms with van der Waals surface area (Å²) >= 11 is 0. The van der Waals surface area contributed by atoms with Crippen LogP contribution in [0.2, 0.25) is 0 Å². The van der Waals surface area contributed by atoms with Crippen LogP contribution in [-0.4, -0.2) is 19.9 Å². The van der Waals surface area contributed by atoms with Crippen molar-refractivity contribution in [3.63, 3.8) is 0 Å². The van der Waals surface area contributed by atoms with Crippen LogP contribution in [0.15, 0.2) is 41.2 Å². The van der Waals surface area contributed by atoms with E-state index in [-0.39, 0.29) is 28.7 Å². The Morgan fingerprint density at radius 2 is 2.00 bits per heavy atom. The predicted molar refractivity (Wildman–Crippen MR) is 87.8 cm³/mol. The number of allylic oxidation sites excluding steroid dienone is 1. The molecular formula is C16H15N5O2. The molecule has 0 radical (unpaired) electrons. The summed E-state index contributed by atoms with van der Waals surface area (Å²) < 4.78 is 5.72. The number of ether oxygens (including phenoxy) is 1. The molecule has 3 aromatic rings. The number of benzene rings is 1. The number of nitrogens with one attached hydrogen (secondary N) is 1. The van der Waals surface area contributed by atoms with Crippen molar-refractivity contribution in [2.45, 2.75) is 13.5 Å². The van der Waals surface area contributed by atoms with Crippen molar-refractivity contribution >= 4 is 23.2 Å². The summed E-state index contributed by atoms with van der Waals surface area (Å²) in [6.45, 7) is 2.11. The van der Waals surface area contributed by atoms with Gasteiger partial charge in [0.05, 0.1) is 0 Å². The smallest absolute Gasteiger partial charge is 0.275 e. The molecule has 7 nitrogen and oxygen atoms in total. The fourth-order valence-electron chi connectivity index (χ4n) is 2.08. The SMILES string of the molecule is C/C=C/c1nc2c(OCc3ccccc3)nc(N)nc2[nH]c1=O. The van der Waals surface area contributed by atoms with E-state index in [1.165, 1.54) is 0 Å². The largest absolute Gasteiger partial charge is 0.471 e. The molecular weight excluding hydrogens is 294 g/mol. The number of rotatable bonds is 4. The van der Waals surface area contributed by atoms with Gasteiger partial charge in [0.1, 0.15) is 12.3 Å². The highest BCUT2D eigenvalue weighted by atomic mass is 16.5. The third-order valence-corrected chi connectivity index (χ3v) is 3.11. The zero-order valence-electron chi connectivity index (χ0n) is 12.5. The Morgan fingerprint density at radius 1 is 1.22 bits per heavy atom. The molecule has 116 valence electrons. The Labute approximate surface area is 131 Å². The molecule has 0 spiro atoms. The standard InChI is InChI=1S/C16H15N5O2/c1-2-6-11-14(22)19-13-12(18-11)15(21-16(17)20-13)23-9-10-7-4-3-5-8-10/h2-8H,9H2,1H3,(H3,17,19,20,21,22)/b6-2+. The van der Waals surface area contributed by atoms with Gasteiger partial charge in [0.2, 0.25) is 11.8 Å². The molecule has 2 heterocycles. The summed E-state index contributed by atoms with van der Waals surface area (Å²) in [6.07, 6.45) is 3.33. The Bertz CT molecular complexity index is 919. The molecule has 1 aromatic carbocycles. The monoisotopic (exact) mass is 309 g/mol. The van der Waals surface area contributed by atoms with Gasteiger partial charge in [-0.3, -0.25) is 4.79 Å². The average molecular weight is 309 g/mol. The van der Waals surface area contributed by atoms with Gasteiger partial charge in [0, 0.05) is 0 Å². The minimum atomic E-state index is -0.345. The van der Waals surface area contributed by atoms with E-state index in [9.17, 15) is 4.79 Å². The predicted octanol–water partition coefficient (Wildman–Crippen LogP) is 1.91. The number of anilines is 1. The van der Waals surface area contributed by atoms with Crippen LogP contribution in [0.25, 0.3) is 17.2 Å².